The minimum atomic E-state index is -4.25. The second-order valence-electron chi connectivity index (χ2n) is 3.76. The van der Waals surface area contributed by atoms with Crippen molar-refractivity contribution in [2.75, 3.05) is 19.8 Å². The molecule has 0 aliphatic carbocycles. The lowest BCUT2D eigenvalue weighted by atomic mass is 10.2. The normalized spacial score (nSPS) is 11.4. The fourth-order valence-corrected chi connectivity index (χ4v) is 2.67. The highest BCUT2D eigenvalue weighted by atomic mass is 79.9. The molecule has 112 valence electrons. The van der Waals surface area contributed by atoms with Crippen LogP contribution in [0.4, 0.5) is 4.39 Å². The van der Waals surface area contributed by atoms with E-state index in [0.717, 1.165) is 6.07 Å². The second-order valence-corrected chi connectivity index (χ2v) is 6.21. The molecule has 1 aromatic carbocycles. The topological polar surface area (TPSA) is 98.5 Å². The van der Waals surface area contributed by atoms with Crippen molar-refractivity contribution < 1.29 is 22.3 Å². The fraction of sp³-hybridized carbons (Fsp3) is 0.364. The molecule has 20 heavy (non-hydrogen) atoms. The third-order valence-electron chi connectivity index (χ3n) is 2.29. The lowest BCUT2D eigenvalue weighted by molar-refractivity contribution is 0.0918. The molecular formula is C11H14BrFN2O4S. The van der Waals surface area contributed by atoms with E-state index in [4.69, 9.17) is 9.88 Å². The Balaban J connectivity index is 3.01. The molecule has 3 N–H and O–H groups in total. The maximum atomic E-state index is 14.0. The van der Waals surface area contributed by atoms with E-state index in [1.807, 2.05) is 0 Å². The Kier molecular flexibility index (Phi) is 6.06. The van der Waals surface area contributed by atoms with Gasteiger partial charge in [0, 0.05) is 17.6 Å². The Morgan fingerprint density at radius 3 is 2.70 bits per heavy atom. The molecule has 0 saturated carbocycles. The molecule has 0 bridgehead atoms. The summed E-state index contributed by atoms with van der Waals surface area (Å²) in [6, 6.07) is 2.18. The fourth-order valence-electron chi connectivity index (χ4n) is 1.41. The summed E-state index contributed by atoms with van der Waals surface area (Å²) in [5.74, 6) is -1.92. The van der Waals surface area contributed by atoms with Crippen molar-refractivity contribution in [2.45, 2.75) is 11.8 Å². The van der Waals surface area contributed by atoms with Crippen molar-refractivity contribution in [3.05, 3.63) is 28.0 Å². The zero-order valence-electron chi connectivity index (χ0n) is 10.7. The van der Waals surface area contributed by atoms with Crippen molar-refractivity contribution in [3.63, 3.8) is 0 Å². The molecule has 1 rings (SSSR count). The molecule has 1 amide bonds. The lowest BCUT2D eigenvalue weighted by Gasteiger charge is -2.09. The number of nitrogens with one attached hydrogen (secondary N) is 1. The molecule has 6 nitrogen and oxygen atoms in total. The number of rotatable bonds is 6. The van der Waals surface area contributed by atoms with E-state index in [1.54, 1.807) is 6.92 Å². The molecule has 0 aliphatic rings. The first-order chi connectivity index (χ1) is 9.27. The van der Waals surface area contributed by atoms with Crippen LogP contribution >= 0.6 is 15.9 Å². The van der Waals surface area contributed by atoms with Crippen LogP contribution < -0.4 is 10.5 Å². The Morgan fingerprint density at radius 1 is 1.50 bits per heavy atom. The van der Waals surface area contributed by atoms with Gasteiger partial charge in [-0.15, -0.1) is 0 Å². The predicted octanol–water partition coefficient (Wildman–Crippen LogP) is 1.00. The monoisotopic (exact) mass is 368 g/mol. The summed E-state index contributed by atoms with van der Waals surface area (Å²) in [5.41, 5.74) is -0.403. The van der Waals surface area contributed by atoms with Gasteiger partial charge in [-0.05, 0) is 19.1 Å². The molecule has 0 atom stereocenters. The minimum Gasteiger partial charge on any atom is -0.380 e. The predicted molar refractivity (Wildman–Crippen MR) is 74.3 cm³/mol. The number of carbonyl (C=O) groups excluding carboxylic acids is 1. The van der Waals surface area contributed by atoms with E-state index in [1.165, 1.54) is 6.07 Å². The molecule has 9 heteroatoms. The first-order valence-corrected chi connectivity index (χ1v) is 7.99. The molecule has 1 aromatic rings. The quantitative estimate of drug-likeness (QED) is 0.731. The Labute approximate surface area is 124 Å². The van der Waals surface area contributed by atoms with Gasteiger partial charge in [-0.3, -0.25) is 4.79 Å². The molecular weight excluding hydrogens is 355 g/mol. The molecule has 0 saturated heterocycles. The van der Waals surface area contributed by atoms with Gasteiger partial charge in [0.05, 0.1) is 12.2 Å². The van der Waals surface area contributed by atoms with E-state index < -0.39 is 32.2 Å². The number of halogens is 2. The lowest BCUT2D eigenvalue weighted by Crippen LogP contribution is -2.29. The Morgan fingerprint density at radius 2 is 2.15 bits per heavy atom. The van der Waals surface area contributed by atoms with E-state index >= 15 is 0 Å². The number of nitrogens with two attached hydrogens (primary N) is 1. The summed E-state index contributed by atoms with van der Waals surface area (Å²) in [5, 5.41) is 7.31. The molecule has 0 heterocycles. The van der Waals surface area contributed by atoms with Crippen molar-refractivity contribution in [2.24, 2.45) is 5.14 Å². The third-order valence-corrected chi connectivity index (χ3v) is 3.66. The molecule has 0 aliphatic heterocycles. The third kappa shape index (κ3) is 4.51. The number of benzene rings is 1. The maximum absolute atomic E-state index is 14.0. The van der Waals surface area contributed by atoms with Gasteiger partial charge in [0.25, 0.3) is 5.91 Å². The average molecular weight is 369 g/mol. The number of carbonyl (C=O) groups is 1. The standard InChI is InChI=1S/C11H14BrFN2O4S/c1-2-19-4-3-15-11(16)8-5-7(12)6-9(10(8)13)20(14,17)18/h5-6H,2-4H2,1H3,(H,15,16)(H2,14,17,18). The van der Waals surface area contributed by atoms with Crippen LogP contribution in [0.5, 0.6) is 0 Å². The van der Waals surface area contributed by atoms with Crippen LogP contribution in [-0.4, -0.2) is 34.1 Å². The van der Waals surface area contributed by atoms with Crippen LogP contribution in [0.25, 0.3) is 0 Å². The molecule has 0 radical (unpaired) electrons. The number of hydrogen-bond acceptors (Lipinski definition) is 4. The number of ether oxygens (including phenoxy) is 1. The molecule has 0 spiro atoms. The Hall–Kier alpha value is -1.03. The largest absolute Gasteiger partial charge is 0.380 e. The van der Waals surface area contributed by atoms with Gasteiger partial charge in [-0.25, -0.2) is 17.9 Å². The van der Waals surface area contributed by atoms with Gasteiger partial charge in [0.15, 0.2) is 5.82 Å². The number of amides is 1. The smallest absolute Gasteiger partial charge is 0.254 e. The number of hydrogen-bond donors (Lipinski definition) is 2. The van der Waals surface area contributed by atoms with E-state index in [2.05, 4.69) is 21.2 Å². The van der Waals surface area contributed by atoms with E-state index in [9.17, 15) is 17.6 Å². The highest BCUT2D eigenvalue weighted by molar-refractivity contribution is 9.10. The zero-order valence-corrected chi connectivity index (χ0v) is 13.1. The summed E-state index contributed by atoms with van der Waals surface area (Å²) in [6.07, 6.45) is 0. The SMILES string of the molecule is CCOCCNC(=O)c1cc(Br)cc(S(N)(=O)=O)c1F. The summed E-state index contributed by atoms with van der Waals surface area (Å²) in [6.45, 7) is 2.76. The van der Waals surface area contributed by atoms with Crippen molar-refractivity contribution >= 4 is 31.9 Å². The molecule has 0 unspecified atom stereocenters. The van der Waals surface area contributed by atoms with Crippen molar-refractivity contribution in [3.8, 4) is 0 Å². The van der Waals surface area contributed by atoms with Crippen LogP contribution in [0, 0.1) is 5.82 Å². The molecule has 0 aromatic heterocycles. The van der Waals surface area contributed by atoms with Crippen LogP contribution in [0.15, 0.2) is 21.5 Å². The maximum Gasteiger partial charge on any atom is 0.254 e. The summed E-state index contributed by atoms with van der Waals surface area (Å²) in [4.78, 5) is 11.1. The van der Waals surface area contributed by atoms with Gasteiger partial charge in [0.1, 0.15) is 4.90 Å². The Bertz CT molecular complexity index is 607. The van der Waals surface area contributed by atoms with Crippen LogP contribution in [0.2, 0.25) is 0 Å². The number of sulfonamides is 1. The van der Waals surface area contributed by atoms with Crippen molar-refractivity contribution in [1.82, 2.24) is 5.32 Å². The van der Waals surface area contributed by atoms with Crippen molar-refractivity contribution in [1.29, 1.82) is 0 Å². The van der Waals surface area contributed by atoms with Gasteiger partial charge in [0.2, 0.25) is 10.0 Å². The minimum absolute atomic E-state index is 0.184. The van der Waals surface area contributed by atoms with Crippen LogP contribution in [0.3, 0.4) is 0 Å². The van der Waals surface area contributed by atoms with Gasteiger partial charge in [-0.2, -0.15) is 0 Å². The van der Waals surface area contributed by atoms with Gasteiger partial charge >= 0.3 is 0 Å². The van der Waals surface area contributed by atoms with Gasteiger partial charge < -0.3 is 10.1 Å². The second kappa shape index (κ2) is 7.11. The van der Waals surface area contributed by atoms with Gasteiger partial charge in [-0.1, -0.05) is 15.9 Å². The van der Waals surface area contributed by atoms with Crippen LogP contribution in [0.1, 0.15) is 17.3 Å². The average Bonchev–Trinajstić information content (AvgIpc) is 2.35. The van der Waals surface area contributed by atoms with E-state index in [0.29, 0.717) is 6.61 Å². The first-order valence-electron chi connectivity index (χ1n) is 5.65. The summed E-state index contributed by atoms with van der Waals surface area (Å²) in [7, 11) is -4.25. The van der Waals surface area contributed by atoms with Crippen LogP contribution in [-0.2, 0) is 14.8 Å². The zero-order chi connectivity index (χ0) is 15.3. The number of primary sulfonamides is 1. The summed E-state index contributed by atoms with van der Waals surface area (Å²) >= 11 is 3.01. The highest BCUT2D eigenvalue weighted by Gasteiger charge is 2.22. The summed E-state index contributed by atoms with van der Waals surface area (Å²) < 4.78 is 41.7. The molecule has 0 fully saturated rings. The highest BCUT2D eigenvalue weighted by Crippen LogP contribution is 2.23. The first kappa shape index (κ1) is 17.0. The van der Waals surface area contributed by atoms with E-state index in [-0.39, 0.29) is 17.6 Å².